The van der Waals surface area contributed by atoms with E-state index in [1.165, 1.54) is 12.1 Å². The molecule has 0 aliphatic carbocycles. The molecule has 2 aromatic rings. The third-order valence-electron chi connectivity index (χ3n) is 2.51. The van der Waals surface area contributed by atoms with Gasteiger partial charge in [-0.2, -0.15) is 5.10 Å². The Labute approximate surface area is 129 Å². The first-order chi connectivity index (χ1) is 9.52. The van der Waals surface area contributed by atoms with E-state index >= 15 is 0 Å². The lowest BCUT2D eigenvalue weighted by Crippen LogP contribution is -2.26. The van der Waals surface area contributed by atoms with Gasteiger partial charge in [0.1, 0.15) is 5.69 Å². The van der Waals surface area contributed by atoms with Crippen LogP contribution >= 0.6 is 34.8 Å². The summed E-state index contributed by atoms with van der Waals surface area (Å²) >= 11 is 17.9. The van der Waals surface area contributed by atoms with E-state index in [0.29, 0.717) is 26.3 Å². The van der Waals surface area contributed by atoms with Crippen LogP contribution in [0, 0.1) is 0 Å². The van der Waals surface area contributed by atoms with Crippen molar-refractivity contribution in [3.8, 4) is 11.3 Å². The van der Waals surface area contributed by atoms with Crippen molar-refractivity contribution >= 4 is 40.7 Å². The lowest BCUT2D eigenvalue weighted by molar-refractivity contribution is 0.0940. The number of aliphatic hydroxyl groups excluding tert-OH is 1. The second-order valence-corrected chi connectivity index (χ2v) is 5.11. The quantitative estimate of drug-likeness (QED) is 0.752. The second-order valence-electron chi connectivity index (χ2n) is 3.89. The molecule has 0 saturated heterocycles. The van der Waals surface area contributed by atoms with Gasteiger partial charge < -0.3 is 10.4 Å². The Bertz CT molecular complexity index is 643. The van der Waals surface area contributed by atoms with Gasteiger partial charge in [-0.15, -0.1) is 0 Å². The van der Waals surface area contributed by atoms with Crippen LogP contribution in [0.25, 0.3) is 11.3 Å². The van der Waals surface area contributed by atoms with Crippen molar-refractivity contribution in [3.05, 3.63) is 39.0 Å². The Morgan fingerprint density at radius 2 is 1.90 bits per heavy atom. The van der Waals surface area contributed by atoms with Crippen LogP contribution in [0.15, 0.2) is 18.2 Å². The molecule has 1 heterocycles. The molecular formula is C12H10Cl3N3O2. The van der Waals surface area contributed by atoms with Gasteiger partial charge in [-0.3, -0.25) is 9.89 Å². The number of aromatic amines is 1. The van der Waals surface area contributed by atoms with E-state index in [9.17, 15) is 4.79 Å². The topological polar surface area (TPSA) is 78.0 Å². The van der Waals surface area contributed by atoms with Crippen molar-refractivity contribution < 1.29 is 9.90 Å². The molecule has 0 saturated carbocycles. The zero-order chi connectivity index (χ0) is 14.7. The first-order valence-electron chi connectivity index (χ1n) is 5.62. The Morgan fingerprint density at radius 1 is 1.20 bits per heavy atom. The number of nitrogens with zero attached hydrogens (tertiary/aromatic N) is 1. The predicted octanol–water partition coefficient (Wildman–Crippen LogP) is 2.76. The van der Waals surface area contributed by atoms with Gasteiger partial charge in [0.25, 0.3) is 5.91 Å². The zero-order valence-electron chi connectivity index (χ0n) is 10.1. The summed E-state index contributed by atoms with van der Waals surface area (Å²) in [6.45, 7) is 0.0338. The lowest BCUT2D eigenvalue weighted by atomic mass is 10.1. The SMILES string of the molecule is O=C(NCCO)c1cc(-c2cc(Cl)c(Cl)cc2Cl)n[nH]1. The maximum atomic E-state index is 11.7. The van der Waals surface area contributed by atoms with Gasteiger partial charge in [-0.25, -0.2) is 0 Å². The van der Waals surface area contributed by atoms with Gasteiger partial charge in [0, 0.05) is 12.1 Å². The number of amides is 1. The Morgan fingerprint density at radius 3 is 2.60 bits per heavy atom. The van der Waals surface area contributed by atoms with E-state index in [1.807, 2.05) is 0 Å². The van der Waals surface area contributed by atoms with Gasteiger partial charge in [0.15, 0.2) is 0 Å². The molecule has 1 aromatic carbocycles. The lowest BCUT2D eigenvalue weighted by Gasteiger charge is -2.03. The van der Waals surface area contributed by atoms with Gasteiger partial charge in [0.05, 0.1) is 27.4 Å². The van der Waals surface area contributed by atoms with Crippen LogP contribution in [0.4, 0.5) is 0 Å². The zero-order valence-corrected chi connectivity index (χ0v) is 12.4. The molecule has 2 rings (SSSR count). The van der Waals surface area contributed by atoms with Crippen molar-refractivity contribution in [2.45, 2.75) is 0 Å². The number of nitrogens with one attached hydrogen (secondary N) is 2. The highest BCUT2D eigenvalue weighted by Gasteiger charge is 2.14. The average molecular weight is 335 g/mol. The highest BCUT2D eigenvalue weighted by molar-refractivity contribution is 6.44. The summed E-state index contributed by atoms with van der Waals surface area (Å²) in [5.74, 6) is -0.367. The van der Waals surface area contributed by atoms with Crippen LogP contribution < -0.4 is 5.32 Å². The summed E-state index contributed by atoms with van der Waals surface area (Å²) in [7, 11) is 0. The number of H-pyrrole nitrogens is 1. The van der Waals surface area contributed by atoms with E-state index in [4.69, 9.17) is 39.9 Å². The summed E-state index contributed by atoms with van der Waals surface area (Å²) in [4.78, 5) is 11.7. The normalized spacial score (nSPS) is 10.6. The van der Waals surface area contributed by atoms with E-state index in [-0.39, 0.29) is 24.8 Å². The monoisotopic (exact) mass is 333 g/mol. The third-order valence-corrected chi connectivity index (χ3v) is 3.54. The summed E-state index contributed by atoms with van der Waals surface area (Å²) in [5, 5.41) is 18.8. The van der Waals surface area contributed by atoms with Crippen molar-refractivity contribution in [2.24, 2.45) is 0 Å². The van der Waals surface area contributed by atoms with E-state index in [1.54, 1.807) is 6.07 Å². The van der Waals surface area contributed by atoms with Gasteiger partial charge >= 0.3 is 0 Å². The minimum absolute atomic E-state index is 0.134. The van der Waals surface area contributed by atoms with E-state index in [0.717, 1.165) is 0 Å². The highest BCUT2D eigenvalue weighted by atomic mass is 35.5. The summed E-state index contributed by atoms with van der Waals surface area (Å²) < 4.78 is 0. The van der Waals surface area contributed by atoms with Crippen molar-refractivity contribution in [2.75, 3.05) is 13.2 Å². The largest absolute Gasteiger partial charge is 0.395 e. The summed E-state index contributed by atoms with van der Waals surface area (Å²) in [6.07, 6.45) is 0. The van der Waals surface area contributed by atoms with Gasteiger partial charge in [-0.1, -0.05) is 34.8 Å². The molecule has 0 fully saturated rings. The number of hydrogen-bond donors (Lipinski definition) is 3. The molecule has 20 heavy (non-hydrogen) atoms. The van der Waals surface area contributed by atoms with E-state index in [2.05, 4.69) is 15.5 Å². The van der Waals surface area contributed by atoms with Crippen LogP contribution in [-0.2, 0) is 0 Å². The van der Waals surface area contributed by atoms with Gasteiger partial charge in [0.2, 0.25) is 0 Å². The molecule has 5 nitrogen and oxygen atoms in total. The molecule has 0 atom stereocenters. The average Bonchev–Trinajstić information content (AvgIpc) is 2.89. The highest BCUT2D eigenvalue weighted by Crippen LogP contribution is 2.34. The Balaban J connectivity index is 2.29. The molecule has 106 valence electrons. The fourth-order valence-corrected chi connectivity index (χ4v) is 2.20. The summed E-state index contributed by atoms with van der Waals surface area (Å²) in [6, 6.07) is 4.64. The minimum atomic E-state index is -0.367. The van der Waals surface area contributed by atoms with Crippen molar-refractivity contribution in [1.82, 2.24) is 15.5 Å². The fourth-order valence-electron chi connectivity index (χ4n) is 1.56. The maximum absolute atomic E-state index is 11.7. The van der Waals surface area contributed by atoms with Gasteiger partial charge in [-0.05, 0) is 18.2 Å². The molecule has 0 bridgehead atoms. The molecule has 0 unspecified atom stereocenters. The number of carbonyl (C=O) groups excluding carboxylic acids is 1. The minimum Gasteiger partial charge on any atom is -0.395 e. The maximum Gasteiger partial charge on any atom is 0.269 e. The standard InChI is InChI=1S/C12H10Cl3N3O2/c13-7-4-9(15)8(14)3-6(7)10-5-11(18-17-10)12(20)16-1-2-19/h3-5,19H,1-2H2,(H,16,20)(H,17,18). The molecule has 0 aliphatic rings. The van der Waals surface area contributed by atoms with Crippen LogP contribution in [0.1, 0.15) is 10.5 Å². The molecular weight excluding hydrogens is 325 g/mol. The third kappa shape index (κ3) is 3.24. The van der Waals surface area contributed by atoms with Crippen LogP contribution in [0.3, 0.4) is 0 Å². The molecule has 0 aliphatic heterocycles. The number of hydrogen-bond acceptors (Lipinski definition) is 3. The van der Waals surface area contributed by atoms with Crippen LogP contribution in [0.5, 0.6) is 0 Å². The molecule has 1 amide bonds. The molecule has 0 radical (unpaired) electrons. The van der Waals surface area contributed by atoms with Crippen LogP contribution in [0.2, 0.25) is 15.1 Å². The Hall–Kier alpha value is -1.27. The van der Waals surface area contributed by atoms with Crippen molar-refractivity contribution in [1.29, 1.82) is 0 Å². The summed E-state index contributed by atoms with van der Waals surface area (Å²) in [5.41, 5.74) is 1.30. The molecule has 8 heteroatoms. The van der Waals surface area contributed by atoms with E-state index < -0.39 is 0 Å². The first kappa shape index (κ1) is 15.1. The number of aromatic nitrogens is 2. The number of rotatable bonds is 4. The fraction of sp³-hybridized carbons (Fsp3) is 0.167. The first-order valence-corrected chi connectivity index (χ1v) is 6.75. The predicted molar refractivity (Wildman–Crippen MR) is 78.5 cm³/mol. The van der Waals surface area contributed by atoms with Crippen molar-refractivity contribution in [3.63, 3.8) is 0 Å². The second kappa shape index (κ2) is 6.45. The van der Waals surface area contributed by atoms with Crippen LogP contribution in [-0.4, -0.2) is 34.4 Å². The number of benzene rings is 1. The molecule has 0 spiro atoms. The number of aliphatic hydroxyl groups is 1. The molecule has 1 aromatic heterocycles. The Kier molecular flexibility index (Phi) is 4.88. The number of halogens is 3. The molecule has 3 N–H and O–H groups in total. The number of carbonyl (C=O) groups is 1. The smallest absolute Gasteiger partial charge is 0.269 e.